The van der Waals surface area contributed by atoms with Gasteiger partial charge in [0, 0.05) is 9.52 Å². The van der Waals surface area contributed by atoms with Gasteiger partial charge in [-0.05, 0) is 0 Å². The minimum absolute atomic E-state index is 0.912. The summed E-state index contributed by atoms with van der Waals surface area (Å²) >= 11 is 0. The van der Waals surface area contributed by atoms with Crippen molar-refractivity contribution < 1.29 is 0 Å². The third kappa shape index (κ3) is 4.22. The number of hydrogen-bond acceptors (Lipinski definition) is 0. The molecule has 0 N–H and O–H groups in total. The summed E-state index contributed by atoms with van der Waals surface area (Å²) in [5, 5.41) is 0. The molecule has 0 nitrogen and oxygen atoms in total. The maximum absolute atomic E-state index is 2.23. The molecule has 0 aromatic rings. The molecule has 2 radical (unpaired) electrons. The Morgan fingerprint density at radius 2 is 1.60 bits per heavy atom. The molecule has 0 atom stereocenters. The first-order valence-corrected chi connectivity index (χ1v) is 3.52. The molecule has 5 heavy (non-hydrogen) atoms. The standard InChI is InChI=1S/C4H10Si/c1-4(2)5-3/h4H,1-3H3. The highest BCUT2D eigenvalue weighted by Gasteiger charge is 1.81. The normalized spacial score (nSPS) is 9.60. The van der Waals surface area contributed by atoms with Crippen LogP contribution in [0.15, 0.2) is 0 Å². The lowest BCUT2D eigenvalue weighted by Gasteiger charge is -1.88. The monoisotopic (exact) mass is 86.1 g/mol. The maximum atomic E-state index is 2.23. The summed E-state index contributed by atoms with van der Waals surface area (Å²) in [5.41, 5.74) is 0.912. The van der Waals surface area contributed by atoms with E-state index in [1.807, 2.05) is 0 Å². The van der Waals surface area contributed by atoms with Crippen LogP contribution in [0.2, 0.25) is 12.1 Å². The molecule has 0 heterocycles. The van der Waals surface area contributed by atoms with Crippen LogP contribution in [-0.2, 0) is 0 Å². The van der Waals surface area contributed by atoms with E-state index in [0.29, 0.717) is 0 Å². The predicted molar refractivity (Wildman–Crippen MR) is 26.7 cm³/mol. The van der Waals surface area contributed by atoms with Crippen LogP contribution in [0.3, 0.4) is 0 Å². The molecular formula is C4H10Si. The van der Waals surface area contributed by atoms with Crippen molar-refractivity contribution >= 4 is 9.52 Å². The molecule has 0 bridgehead atoms. The van der Waals surface area contributed by atoms with Gasteiger partial charge in [0.05, 0.1) is 0 Å². The molecule has 0 aromatic heterocycles. The van der Waals surface area contributed by atoms with Crippen LogP contribution in [0.25, 0.3) is 0 Å². The maximum Gasteiger partial charge on any atom is 0.0372 e. The van der Waals surface area contributed by atoms with Crippen LogP contribution in [0.5, 0.6) is 0 Å². The fraction of sp³-hybridized carbons (Fsp3) is 1.00. The summed E-state index contributed by atoms with van der Waals surface area (Å²) in [6.45, 7) is 6.70. The summed E-state index contributed by atoms with van der Waals surface area (Å²) in [4.78, 5) is 0. The van der Waals surface area contributed by atoms with Crippen molar-refractivity contribution in [1.29, 1.82) is 0 Å². The van der Waals surface area contributed by atoms with Crippen LogP contribution >= 0.6 is 0 Å². The van der Waals surface area contributed by atoms with E-state index < -0.39 is 0 Å². The van der Waals surface area contributed by atoms with E-state index in [4.69, 9.17) is 0 Å². The van der Waals surface area contributed by atoms with Crippen molar-refractivity contribution in [3.63, 3.8) is 0 Å². The molecule has 0 saturated carbocycles. The van der Waals surface area contributed by atoms with Crippen molar-refractivity contribution in [2.75, 3.05) is 0 Å². The average Bonchev–Trinajstić information content (AvgIpc) is 1.38. The Morgan fingerprint density at radius 1 is 1.40 bits per heavy atom. The van der Waals surface area contributed by atoms with Crippen molar-refractivity contribution in [3.8, 4) is 0 Å². The lowest BCUT2D eigenvalue weighted by Crippen LogP contribution is -1.83. The molecular weight excluding hydrogens is 76.1 g/mol. The van der Waals surface area contributed by atoms with Gasteiger partial charge in [-0.15, -0.1) is 0 Å². The fourth-order valence-electron chi connectivity index (χ4n) is 0. The smallest absolute Gasteiger partial charge is 0.0372 e. The fourth-order valence-corrected chi connectivity index (χ4v) is 0. The molecule has 0 aromatic carbocycles. The largest absolute Gasteiger partial charge is 0.0731 e. The summed E-state index contributed by atoms with van der Waals surface area (Å²) in [6, 6.07) is 0. The van der Waals surface area contributed by atoms with Crippen molar-refractivity contribution in [3.05, 3.63) is 0 Å². The lowest BCUT2D eigenvalue weighted by atomic mass is 10.6. The second kappa shape index (κ2) is 2.45. The van der Waals surface area contributed by atoms with Gasteiger partial charge >= 0.3 is 0 Å². The summed E-state index contributed by atoms with van der Waals surface area (Å²) in [6.07, 6.45) is 0. The van der Waals surface area contributed by atoms with E-state index in [2.05, 4.69) is 20.4 Å². The van der Waals surface area contributed by atoms with Gasteiger partial charge in [-0.25, -0.2) is 0 Å². The molecule has 0 aliphatic rings. The van der Waals surface area contributed by atoms with Gasteiger partial charge in [0.25, 0.3) is 0 Å². The minimum atomic E-state index is 0.912. The molecule has 1 heteroatoms. The van der Waals surface area contributed by atoms with E-state index in [1.54, 1.807) is 0 Å². The first-order valence-electron chi connectivity index (χ1n) is 1.94. The highest BCUT2D eigenvalue weighted by Crippen LogP contribution is 1.92. The zero-order chi connectivity index (χ0) is 4.28. The van der Waals surface area contributed by atoms with Gasteiger partial charge in [0.2, 0.25) is 0 Å². The number of hydrogen-bond donors (Lipinski definition) is 0. The highest BCUT2D eigenvalue weighted by molar-refractivity contribution is 6.35. The highest BCUT2D eigenvalue weighted by atomic mass is 28.2. The second-order valence-corrected chi connectivity index (χ2v) is 3.18. The van der Waals surface area contributed by atoms with Crippen molar-refractivity contribution in [1.82, 2.24) is 0 Å². The zero-order valence-electron chi connectivity index (χ0n) is 4.08. The molecule has 0 fully saturated rings. The van der Waals surface area contributed by atoms with Gasteiger partial charge in [-0.2, -0.15) is 0 Å². The average molecular weight is 86.2 g/mol. The van der Waals surface area contributed by atoms with Crippen molar-refractivity contribution in [2.24, 2.45) is 0 Å². The third-order valence-electron chi connectivity index (χ3n) is 0.577. The van der Waals surface area contributed by atoms with E-state index in [9.17, 15) is 0 Å². The topological polar surface area (TPSA) is 0 Å². The summed E-state index contributed by atoms with van der Waals surface area (Å²) in [7, 11) is 1.11. The van der Waals surface area contributed by atoms with Crippen LogP contribution < -0.4 is 0 Å². The van der Waals surface area contributed by atoms with Crippen LogP contribution in [0.4, 0.5) is 0 Å². The Kier molecular flexibility index (Phi) is 2.56. The summed E-state index contributed by atoms with van der Waals surface area (Å²) in [5.74, 6) is 0. The molecule has 0 aliphatic heterocycles. The SMILES string of the molecule is C[Si]C(C)C. The Bertz CT molecular complexity index is 17.6. The Hall–Kier alpha value is 0.217. The molecule has 0 saturated heterocycles. The van der Waals surface area contributed by atoms with Crippen LogP contribution in [0.1, 0.15) is 13.8 Å². The third-order valence-corrected chi connectivity index (χ3v) is 1.73. The molecule has 0 amide bonds. The Balaban J connectivity index is 2.54. The van der Waals surface area contributed by atoms with Crippen LogP contribution in [0, 0.1) is 0 Å². The molecule has 0 spiro atoms. The molecule has 0 unspecified atom stereocenters. The van der Waals surface area contributed by atoms with Gasteiger partial charge in [-0.1, -0.05) is 25.9 Å². The van der Waals surface area contributed by atoms with E-state index in [1.165, 1.54) is 0 Å². The molecule has 0 rings (SSSR count). The predicted octanol–water partition coefficient (Wildman–Crippen LogP) is 1.57. The molecule has 30 valence electrons. The van der Waals surface area contributed by atoms with Gasteiger partial charge in [0.15, 0.2) is 0 Å². The van der Waals surface area contributed by atoms with Gasteiger partial charge in [-0.3, -0.25) is 0 Å². The Labute approximate surface area is 36.4 Å². The first-order chi connectivity index (χ1) is 2.27. The van der Waals surface area contributed by atoms with Crippen LogP contribution in [-0.4, -0.2) is 9.52 Å². The summed E-state index contributed by atoms with van der Waals surface area (Å²) < 4.78 is 0. The van der Waals surface area contributed by atoms with E-state index in [-0.39, 0.29) is 0 Å². The lowest BCUT2D eigenvalue weighted by molar-refractivity contribution is 1.06. The minimum Gasteiger partial charge on any atom is -0.0731 e. The quantitative estimate of drug-likeness (QED) is 0.425. The van der Waals surface area contributed by atoms with Gasteiger partial charge < -0.3 is 0 Å². The Morgan fingerprint density at radius 3 is 1.60 bits per heavy atom. The molecule has 0 aliphatic carbocycles. The van der Waals surface area contributed by atoms with Gasteiger partial charge in [0.1, 0.15) is 0 Å². The first kappa shape index (κ1) is 5.22. The zero-order valence-corrected chi connectivity index (χ0v) is 5.08. The van der Waals surface area contributed by atoms with E-state index >= 15 is 0 Å². The second-order valence-electron chi connectivity index (χ2n) is 1.44. The number of rotatable bonds is 1. The van der Waals surface area contributed by atoms with Crippen molar-refractivity contribution in [2.45, 2.75) is 25.9 Å². The van der Waals surface area contributed by atoms with E-state index in [0.717, 1.165) is 15.1 Å².